The van der Waals surface area contributed by atoms with Crippen LogP contribution in [0.3, 0.4) is 0 Å². The van der Waals surface area contributed by atoms with Gasteiger partial charge in [-0.05, 0) is 85.9 Å². The van der Waals surface area contributed by atoms with E-state index in [9.17, 15) is 9.90 Å². The molecule has 0 saturated heterocycles. The first-order valence-electron chi connectivity index (χ1n) is 20.2. The number of furan rings is 1. The van der Waals surface area contributed by atoms with Crippen molar-refractivity contribution in [2.75, 3.05) is 0 Å². The molecule has 0 aliphatic rings. The molecule has 0 unspecified atom stereocenters. The molecule has 0 amide bonds. The second kappa shape index (κ2) is 17.9. The molecule has 0 aliphatic carbocycles. The van der Waals surface area contributed by atoms with Gasteiger partial charge in [-0.3, -0.25) is 9.78 Å². The molecule has 1 radical (unpaired) electrons. The maximum atomic E-state index is 12.2. The van der Waals surface area contributed by atoms with E-state index in [0.29, 0.717) is 5.92 Å². The number of hydrogen-bond acceptors (Lipinski definition) is 5. The molecule has 3 aromatic heterocycles. The molecule has 3 heterocycles. The Morgan fingerprint density at radius 2 is 1.52 bits per heavy atom. The largest absolute Gasteiger partial charge is 0.512 e. The van der Waals surface area contributed by atoms with Gasteiger partial charge in [0.05, 0.1) is 0 Å². The number of carbonyl (C=O) groups is 1. The van der Waals surface area contributed by atoms with Crippen molar-refractivity contribution >= 4 is 48.9 Å². The molecule has 6 heteroatoms. The van der Waals surface area contributed by atoms with Gasteiger partial charge in [-0.2, -0.15) is 0 Å². The van der Waals surface area contributed by atoms with Gasteiger partial charge in [0.25, 0.3) is 0 Å². The molecule has 1 N–H and O–H groups in total. The number of aliphatic hydroxyl groups is 1. The summed E-state index contributed by atoms with van der Waals surface area (Å²) in [5, 5.41) is 15.0. The molecule has 0 spiro atoms. The first-order chi connectivity index (χ1) is 25.9. The van der Waals surface area contributed by atoms with E-state index >= 15 is 0 Å². The van der Waals surface area contributed by atoms with Crippen molar-refractivity contribution in [3.05, 3.63) is 101 Å². The van der Waals surface area contributed by atoms with Crippen molar-refractivity contribution in [1.82, 2.24) is 4.98 Å². The molecule has 56 heavy (non-hydrogen) atoms. The number of carbonyl (C=O) groups excluding carboxylic acids is 1. The maximum Gasteiger partial charge on any atom is 0.164 e. The summed E-state index contributed by atoms with van der Waals surface area (Å²) in [5.74, 6) is 1.91. The van der Waals surface area contributed by atoms with Gasteiger partial charge in [0.15, 0.2) is 5.78 Å². The molecule has 0 saturated carbocycles. The zero-order chi connectivity index (χ0) is 40.5. The van der Waals surface area contributed by atoms with Crippen molar-refractivity contribution in [1.29, 1.82) is 0 Å². The Balaban J connectivity index is 0.000000330. The first kappa shape index (κ1) is 45.1. The number of aromatic nitrogens is 1. The molecule has 0 atom stereocenters. The van der Waals surface area contributed by atoms with Crippen LogP contribution in [0.4, 0.5) is 0 Å². The topological polar surface area (TPSA) is 63.3 Å². The second-order valence-electron chi connectivity index (χ2n) is 17.4. The minimum Gasteiger partial charge on any atom is -0.512 e. The molecule has 0 fully saturated rings. The third-order valence-corrected chi connectivity index (χ3v) is 13.5. The van der Waals surface area contributed by atoms with Crippen LogP contribution in [0.2, 0.25) is 0 Å². The van der Waals surface area contributed by atoms with Gasteiger partial charge in [0, 0.05) is 69.4 Å². The van der Waals surface area contributed by atoms with Crippen LogP contribution in [0, 0.1) is 36.7 Å². The summed E-state index contributed by atoms with van der Waals surface area (Å²) in [7, 11) is 0. The Labute approximate surface area is 353 Å². The van der Waals surface area contributed by atoms with Crippen LogP contribution < -0.4 is 0 Å². The molecule has 0 aliphatic heterocycles. The molecular weight excluding hydrogens is 887 g/mol. The van der Waals surface area contributed by atoms with Gasteiger partial charge in [-0.1, -0.05) is 117 Å². The smallest absolute Gasteiger partial charge is 0.164 e. The number of ketones is 1. The number of allylic oxidation sites excluding steroid dienone is 2. The van der Waals surface area contributed by atoms with Crippen LogP contribution in [0.15, 0.2) is 77.0 Å². The molecular formula is C50H62IrNO3S-. The quantitative estimate of drug-likeness (QED) is 0.0798. The van der Waals surface area contributed by atoms with Gasteiger partial charge in [0.1, 0.15) is 17.1 Å². The predicted molar refractivity (Wildman–Crippen MR) is 236 cm³/mol. The summed E-state index contributed by atoms with van der Waals surface area (Å²) in [5.41, 5.74) is 7.60. The van der Waals surface area contributed by atoms with E-state index in [1.807, 2.05) is 59.1 Å². The van der Waals surface area contributed by atoms with Crippen molar-refractivity contribution in [3.8, 4) is 21.7 Å². The monoisotopic (exact) mass is 949 g/mol. The zero-order valence-electron chi connectivity index (χ0n) is 35.9. The maximum absolute atomic E-state index is 12.2. The van der Waals surface area contributed by atoms with Gasteiger partial charge in [0.2, 0.25) is 0 Å². The van der Waals surface area contributed by atoms with Crippen LogP contribution in [0.5, 0.6) is 0 Å². The summed E-state index contributed by atoms with van der Waals surface area (Å²) in [6.45, 7) is 27.7. The fourth-order valence-corrected chi connectivity index (χ4v) is 8.65. The number of benzene rings is 3. The molecule has 3 aromatic carbocycles. The fraction of sp³-hybridized carbons (Fsp3) is 0.440. The molecule has 0 bridgehead atoms. The molecule has 6 aromatic rings. The molecule has 6 rings (SSSR count). The number of fused-ring (bicyclic) bond motifs is 3. The van der Waals surface area contributed by atoms with Gasteiger partial charge >= 0.3 is 0 Å². The average Bonchev–Trinajstić information content (AvgIpc) is 3.67. The summed E-state index contributed by atoms with van der Waals surface area (Å²) in [6, 6.07) is 23.4. The van der Waals surface area contributed by atoms with Crippen molar-refractivity contribution in [2.45, 2.75) is 128 Å². The number of thiophene rings is 1. The number of nitrogens with zero attached hydrogens (tertiary/aromatic N) is 1. The third kappa shape index (κ3) is 9.09. The van der Waals surface area contributed by atoms with Crippen LogP contribution in [0.1, 0.15) is 124 Å². The van der Waals surface area contributed by atoms with E-state index in [0.717, 1.165) is 60.1 Å². The Morgan fingerprint density at radius 1 is 0.875 bits per heavy atom. The minimum atomic E-state index is -0.337. The van der Waals surface area contributed by atoms with E-state index in [1.165, 1.54) is 54.1 Å². The van der Waals surface area contributed by atoms with E-state index in [1.54, 1.807) is 0 Å². The predicted octanol–water partition coefficient (Wildman–Crippen LogP) is 15.1. The second-order valence-corrected chi connectivity index (χ2v) is 18.4. The zero-order valence-corrected chi connectivity index (χ0v) is 39.1. The Hall–Kier alpha value is -3.57. The summed E-state index contributed by atoms with van der Waals surface area (Å²) < 4.78 is 7.45. The standard InChI is InChI=1S/C35H34NOS.C15H28O2.Ir/c1-20(2)16-29-22(4)37-31-19-24(12-13-28(29)31)33-21(3)26-14-15-36-32(34(26)38-33)25-17-23-10-8-9-11-27(23)30(18-25)35(5,6)7;1-7-14(5,8-2)12(16)11-13(17)15(6,9-3)10-4;/h8-15,18-20H,16H2,1-7H3;11,16H,7-10H2,1-6H3;/q-1;;/b;12-11-;. The van der Waals surface area contributed by atoms with Crippen LogP contribution >= 0.6 is 11.3 Å². The Bertz CT molecular complexity index is 2340. The normalized spacial score (nSPS) is 12.6. The van der Waals surface area contributed by atoms with Gasteiger partial charge in [-0.25, -0.2) is 0 Å². The van der Waals surface area contributed by atoms with E-state index in [4.69, 9.17) is 9.40 Å². The van der Waals surface area contributed by atoms with Gasteiger partial charge < -0.3 is 9.52 Å². The van der Waals surface area contributed by atoms with Crippen LogP contribution in [-0.2, 0) is 36.7 Å². The van der Waals surface area contributed by atoms with E-state index in [2.05, 4.69) is 109 Å². The molecule has 301 valence electrons. The van der Waals surface area contributed by atoms with E-state index < -0.39 is 0 Å². The van der Waals surface area contributed by atoms with Crippen molar-refractivity contribution in [3.63, 3.8) is 0 Å². The fourth-order valence-electron chi connectivity index (χ4n) is 7.35. The summed E-state index contributed by atoms with van der Waals surface area (Å²) in [4.78, 5) is 18.4. The first-order valence-corrected chi connectivity index (χ1v) is 21.0. The Morgan fingerprint density at radius 3 is 2.12 bits per heavy atom. The number of rotatable bonds is 11. The number of aryl methyl sites for hydroxylation is 2. The SMILES string of the molecule is CCC(C)(CC)C(=O)/C=C(\O)C(C)(CC)CC.Cc1oc2cc(-c3sc4c(-c5[c-]c6ccccc6c(C(C)(C)C)c5)nccc4c3C)ccc2c1CC(C)C.[Ir]. The summed E-state index contributed by atoms with van der Waals surface area (Å²) >= 11 is 1.82. The summed E-state index contributed by atoms with van der Waals surface area (Å²) in [6.07, 6.45) is 7.73. The van der Waals surface area contributed by atoms with Gasteiger partial charge in [-0.15, -0.1) is 40.5 Å². The van der Waals surface area contributed by atoms with Crippen molar-refractivity contribution in [2.24, 2.45) is 16.7 Å². The molecule has 4 nitrogen and oxygen atoms in total. The van der Waals surface area contributed by atoms with Crippen LogP contribution in [-0.4, -0.2) is 15.9 Å². The Kier molecular flexibility index (Phi) is 14.4. The third-order valence-electron chi connectivity index (χ3n) is 12.2. The average molecular weight is 949 g/mol. The van der Waals surface area contributed by atoms with E-state index in [-0.39, 0.29) is 47.9 Å². The number of aliphatic hydroxyl groups excluding tert-OH is 1. The minimum absolute atomic E-state index is 0. The van der Waals surface area contributed by atoms with Crippen LogP contribution in [0.25, 0.3) is 53.5 Å². The van der Waals surface area contributed by atoms with Crippen molar-refractivity contribution < 1.29 is 34.4 Å². The number of pyridine rings is 1. The number of hydrogen-bond donors (Lipinski definition) is 1.